The first-order chi connectivity index (χ1) is 13.7. The van der Waals surface area contributed by atoms with Crippen LogP contribution >= 0.6 is 0 Å². The molecule has 0 bridgehead atoms. The molecule has 0 atom stereocenters. The summed E-state index contributed by atoms with van der Waals surface area (Å²) in [6, 6.07) is 10.6. The van der Waals surface area contributed by atoms with Crippen molar-refractivity contribution < 1.29 is 32.2 Å². The van der Waals surface area contributed by atoms with E-state index in [1.165, 1.54) is 50.6 Å². The second-order valence-corrected chi connectivity index (χ2v) is 8.09. The molecule has 0 aliphatic rings. The average Bonchev–Trinajstić information content (AvgIpc) is 2.70. The fraction of sp³-hybridized carbons (Fsp3) is 0.300. The summed E-state index contributed by atoms with van der Waals surface area (Å²) in [5, 5.41) is 0. The van der Waals surface area contributed by atoms with Crippen molar-refractivity contribution in [3.8, 4) is 11.5 Å². The Kier molecular flexibility index (Phi) is 7.22. The molecule has 0 fully saturated rings. The van der Waals surface area contributed by atoms with Gasteiger partial charge in [0.15, 0.2) is 23.9 Å². The molecular weight excluding hydrogens is 398 g/mol. The molecule has 29 heavy (non-hydrogen) atoms. The molecule has 0 aliphatic carbocycles. The van der Waals surface area contributed by atoms with Gasteiger partial charge in [-0.25, -0.2) is 13.2 Å². The lowest BCUT2D eigenvalue weighted by atomic mass is 10.1. The number of ether oxygens (including phenoxy) is 3. The third-order valence-corrected chi connectivity index (χ3v) is 5.29. The van der Waals surface area contributed by atoms with Crippen LogP contribution in [0.15, 0.2) is 42.5 Å². The second kappa shape index (κ2) is 9.42. The van der Waals surface area contributed by atoms with Gasteiger partial charge in [-0.2, -0.15) is 0 Å². The van der Waals surface area contributed by atoms with Crippen LogP contribution in [0.1, 0.15) is 27.6 Å². The lowest BCUT2D eigenvalue weighted by molar-refractivity contribution is 0.0474. The Labute approximate surface area is 170 Å². The number of benzene rings is 2. The SMILES string of the molecule is CCOc1cc(C(=O)OCC(=O)c2ccc(N(C)S(C)(=O)=O)cc2)ccc1OC. The van der Waals surface area contributed by atoms with E-state index in [0.717, 1.165) is 10.6 Å². The number of Topliss-reactive ketones (excluding diaryl/α,β-unsaturated/α-hetero) is 1. The summed E-state index contributed by atoms with van der Waals surface area (Å²) in [5.41, 5.74) is 0.947. The highest BCUT2D eigenvalue weighted by atomic mass is 32.2. The number of hydrogen-bond acceptors (Lipinski definition) is 7. The van der Waals surface area contributed by atoms with Crippen LogP contribution in [0, 0.1) is 0 Å². The smallest absolute Gasteiger partial charge is 0.338 e. The zero-order chi connectivity index (χ0) is 21.6. The summed E-state index contributed by atoms with van der Waals surface area (Å²) in [6.07, 6.45) is 1.08. The number of carbonyl (C=O) groups is 2. The van der Waals surface area contributed by atoms with Crippen LogP contribution in [0.5, 0.6) is 11.5 Å². The van der Waals surface area contributed by atoms with Crippen LogP contribution in [-0.2, 0) is 14.8 Å². The third kappa shape index (κ3) is 5.71. The monoisotopic (exact) mass is 421 g/mol. The Hall–Kier alpha value is -3.07. The van der Waals surface area contributed by atoms with Gasteiger partial charge in [-0.3, -0.25) is 9.10 Å². The molecule has 0 saturated carbocycles. The Morgan fingerprint density at radius 3 is 2.17 bits per heavy atom. The van der Waals surface area contributed by atoms with Crippen molar-refractivity contribution in [2.24, 2.45) is 0 Å². The van der Waals surface area contributed by atoms with Crippen molar-refractivity contribution in [1.82, 2.24) is 0 Å². The Bertz CT molecular complexity index is 984. The maximum Gasteiger partial charge on any atom is 0.338 e. The van der Waals surface area contributed by atoms with Gasteiger partial charge in [0.2, 0.25) is 10.0 Å². The average molecular weight is 421 g/mol. The molecule has 0 aromatic heterocycles. The van der Waals surface area contributed by atoms with E-state index in [4.69, 9.17) is 14.2 Å². The molecule has 9 heteroatoms. The molecule has 0 saturated heterocycles. The highest BCUT2D eigenvalue weighted by Crippen LogP contribution is 2.28. The maximum atomic E-state index is 12.3. The largest absolute Gasteiger partial charge is 0.493 e. The number of hydrogen-bond donors (Lipinski definition) is 0. The number of methoxy groups -OCH3 is 1. The summed E-state index contributed by atoms with van der Waals surface area (Å²) >= 11 is 0. The molecule has 2 rings (SSSR count). The first kappa shape index (κ1) is 22.2. The maximum absolute atomic E-state index is 12.3. The molecule has 0 aliphatic heterocycles. The van der Waals surface area contributed by atoms with Gasteiger partial charge < -0.3 is 14.2 Å². The molecule has 8 nitrogen and oxygen atoms in total. The lowest BCUT2D eigenvalue weighted by Gasteiger charge is -2.16. The summed E-state index contributed by atoms with van der Waals surface area (Å²) in [4.78, 5) is 24.5. The van der Waals surface area contributed by atoms with Gasteiger partial charge in [0.25, 0.3) is 0 Å². The number of anilines is 1. The molecule has 0 heterocycles. The number of rotatable bonds is 9. The van der Waals surface area contributed by atoms with Gasteiger partial charge >= 0.3 is 5.97 Å². The van der Waals surface area contributed by atoms with Crippen LogP contribution in [0.25, 0.3) is 0 Å². The number of sulfonamides is 1. The van der Waals surface area contributed by atoms with Crippen molar-refractivity contribution in [3.63, 3.8) is 0 Å². The van der Waals surface area contributed by atoms with E-state index in [1.54, 1.807) is 6.07 Å². The number of carbonyl (C=O) groups excluding carboxylic acids is 2. The summed E-state index contributed by atoms with van der Waals surface area (Å²) < 4.78 is 39.9. The standard InChI is InChI=1S/C20H23NO7S/c1-5-27-19-12-15(8-11-18(19)26-3)20(23)28-13-17(22)14-6-9-16(10-7-14)21(2)29(4,24)25/h6-12H,5,13H2,1-4H3. The Morgan fingerprint density at radius 2 is 1.62 bits per heavy atom. The van der Waals surface area contributed by atoms with Crippen LogP contribution in [0.4, 0.5) is 5.69 Å². The molecule has 156 valence electrons. The number of esters is 1. The van der Waals surface area contributed by atoms with Crippen molar-refractivity contribution >= 4 is 27.5 Å². The van der Waals surface area contributed by atoms with E-state index in [2.05, 4.69) is 0 Å². The topological polar surface area (TPSA) is 99.2 Å². The lowest BCUT2D eigenvalue weighted by Crippen LogP contribution is -2.24. The minimum absolute atomic E-state index is 0.229. The predicted molar refractivity (Wildman–Crippen MR) is 108 cm³/mol. The van der Waals surface area contributed by atoms with Crippen LogP contribution in [0.2, 0.25) is 0 Å². The van der Waals surface area contributed by atoms with Crippen LogP contribution in [-0.4, -0.2) is 53.8 Å². The molecule has 0 radical (unpaired) electrons. The first-order valence-corrected chi connectivity index (χ1v) is 10.6. The fourth-order valence-electron chi connectivity index (χ4n) is 2.42. The minimum Gasteiger partial charge on any atom is -0.493 e. The van der Waals surface area contributed by atoms with E-state index in [1.807, 2.05) is 6.92 Å². The first-order valence-electron chi connectivity index (χ1n) is 8.72. The molecule has 0 amide bonds. The van der Waals surface area contributed by atoms with E-state index in [-0.39, 0.29) is 5.56 Å². The molecule has 0 unspecified atom stereocenters. The van der Waals surface area contributed by atoms with Gasteiger partial charge in [-0.15, -0.1) is 0 Å². The van der Waals surface area contributed by atoms with Crippen molar-refractivity contribution in [3.05, 3.63) is 53.6 Å². The number of nitrogens with zero attached hydrogens (tertiary/aromatic N) is 1. The Balaban J connectivity index is 2.03. The van der Waals surface area contributed by atoms with Crippen LogP contribution < -0.4 is 13.8 Å². The summed E-state index contributed by atoms with van der Waals surface area (Å²) in [5.74, 6) is -0.194. The number of ketones is 1. The van der Waals surface area contributed by atoms with Gasteiger partial charge in [0.1, 0.15) is 0 Å². The van der Waals surface area contributed by atoms with Gasteiger partial charge in [-0.05, 0) is 49.4 Å². The molecular formula is C20H23NO7S. The Morgan fingerprint density at radius 1 is 1.00 bits per heavy atom. The predicted octanol–water partition coefficient (Wildman–Crippen LogP) is 2.53. The van der Waals surface area contributed by atoms with Crippen molar-refractivity contribution in [2.45, 2.75) is 6.92 Å². The molecule has 2 aromatic carbocycles. The quantitative estimate of drug-likeness (QED) is 0.453. The highest BCUT2D eigenvalue weighted by molar-refractivity contribution is 7.92. The fourth-order valence-corrected chi connectivity index (χ4v) is 2.92. The van der Waals surface area contributed by atoms with E-state index in [0.29, 0.717) is 29.4 Å². The zero-order valence-corrected chi connectivity index (χ0v) is 17.5. The highest BCUT2D eigenvalue weighted by Gasteiger charge is 2.16. The molecule has 2 aromatic rings. The van der Waals surface area contributed by atoms with Gasteiger partial charge in [0, 0.05) is 12.6 Å². The minimum atomic E-state index is -3.39. The van der Waals surface area contributed by atoms with E-state index < -0.39 is 28.4 Å². The van der Waals surface area contributed by atoms with Gasteiger partial charge in [0.05, 0.1) is 31.2 Å². The molecule has 0 spiro atoms. The van der Waals surface area contributed by atoms with E-state index in [9.17, 15) is 18.0 Å². The second-order valence-electron chi connectivity index (χ2n) is 6.08. The van der Waals surface area contributed by atoms with E-state index >= 15 is 0 Å². The normalized spacial score (nSPS) is 10.9. The van der Waals surface area contributed by atoms with Crippen molar-refractivity contribution in [2.75, 3.05) is 37.9 Å². The zero-order valence-electron chi connectivity index (χ0n) is 16.7. The third-order valence-electron chi connectivity index (χ3n) is 4.08. The van der Waals surface area contributed by atoms with Crippen LogP contribution in [0.3, 0.4) is 0 Å². The van der Waals surface area contributed by atoms with Crippen molar-refractivity contribution in [1.29, 1.82) is 0 Å². The summed E-state index contributed by atoms with van der Waals surface area (Å²) in [7, 11) is -0.485. The molecule has 0 N–H and O–H groups in total. The van der Waals surface area contributed by atoms with Gasteiger partial charge in [-0.1, -0.05) is 0 Å². The summed E-state index contributed by atoms with van der Waals surface area (Å²) in [6.45, 7) is 1.76.